The summed E-state index contributed by atoms with van der Waals surface area (Å²) >= 11 is 1.49. The van der Waals surface area contributed by atoms with Gasteiger partial charge in [-0.2, -0.15) is 5.26 Å². The molecule has 1 N–H and O–H groups in total. The zero-order valence-corrected chi connectivity index (χ0v) is 17.0. The van der Waals surface area contributed by atoms with Gasteiger partial charge >= 0.3 is 0 Å². The molecule has 0 aliphatic carbocycles. The first-order valence-electron chi connectivity index (χ1n) is 9.40. The van der Waals surface area contributed by atoms with Gasteiger partial charge < -0.3 is 15.1 Å². The molecule has 0 spiro atoms. The summed E-state index contributed by atoms with van der Waals surface area (Å²) in [5.74, 6) is -2.54. The number of hydrogen-bond acceptors (Lipinski definition) is 6. The lowest BCUT2D eigenvalue weighted by Gasteiger charge is -2.47. The van der Waals surface area contributed by atoms with Gasteiger partial charge in [0.1, 0.15) is 6.04 Å². The maximum absolute atomic E-state index is 13.6. The Morgan fingerprint density at radius 2 is 2.20 bits per heavy atom. The third-order valence-electron chi connectivity index (χ3n) is 5.51. The Bertz CT molecular complexity index is 1060. The van der Waals surface area contributed by atoms with Crippen LogP contribution in [0, 0.1) is 11.3 Å². The molecule has 7 nitrogen and oxygen atoms in total. The van der Waals surface area contributed by atoms with Gasteiger partial charge in [-0.05, 0) is 31.2 Å². The van der Waals surface area contributed by atoms with E-state index in [9.17, 15) is 18.4 Å². The maximum Gasteiger partial charge on any atom is 0.284 e. The molecule has 30 heavy (non-hydrogen) atoms. The van der Waals surface area contributed by atoms with Gasteiger partial charge in [0.25, 0.3) is 11.8 Å². The third-order valence-corrected chi connectivity index (χ3v) is 6.53. The van der Waals surface area contributed by atoms with E-state index in [1.54, 1.807) is 23.1 Å². The molecule has 10 heteroatoms. The number of thioether (sulfide) groups is 1. The number of alkyl halides is 2. The van der Waals surface area contributed by atoms with Gasteiger partial charge in [0.05, 0.1) is 42.2 Å². The number of rotatable bonds is 4. The molecule has 0 bridgehead atoms. The van der Waals surface area contributed by atoms with Crippen molar-refractivity contribution in [1.82, 2.24) is 15.2 Å². The quantitative estimate of drug-likeness (QED) is 0.799. The molecule has 2 fully saturated rings. The van der Waals surface area contributed by atoms with E-state index in [0.29, 0.717) is 33.8 Å². The normalized spacial score (nSPS) is 22.5. The Kier molecular flexibility index (Phi) is 5.24. The van der Waals surface area contributed by atoms with Gasteiger partial charge in [-0.25, -0.2) is 8.78 Å². The number of carbonyl (C=O) groups excluding carboxylic acids is 2. The third kappa shape index (κ3) is 3.54. The summed E-state index contributed by atoms with van der Waals surface area (Å²) in [7, 11) is 0. The molecular formula is C20H19F2N5O2S. The van der Waals surface area contributed by atoms with Crippen LogP contribution in [0.4, 0.5) is 14.5 Å². The maximum atomic E-state index is 13.6. The largest absolute Gasteiger partial charge is 0.357 e. The standard InChI is InChI=1S/C20H19F2N5O2S/c1-12-20(21,22)10-26(12)13-2-3-17-16(6-13)15(4-5-24-17)19(29)25-8-18(28)27-11-30-9-14(27)7-23/h2-6,12,14H,8-11H2,1H3,(H,25,29). The fourth-order valence-corrected chi connectivity index (χ4v) is 4.69. The molecule has 2 aromatic rings. The number of fused-ring (bicyclic) bond motifs is 1. The van der Waals surface area contributed by atoms with Crippen molar-refractivity contribution in [1.29, 1.82) is 5.26 Å². The summed E-state index contributed by atoms with van der Waals surface area (Å²) in [4.78, 5) is 32.4. The number of nitriles is 1. The molecular weight excluding hydrogens is 412 g/mol. The van der Waals surface area contributed by atoms with Crippen LogP contribution in [0.5, 0.6) is 0 Å². The van der Waals surface area contributed by atoms with Crippen LogP contribution < -0.4 is 10.2 Å². The Labute approximate surface area is 176 Å². The first kappa shape index (κ1) is 20.3. The average Bonchev–Trinajstić information content (AvgIpc) is 3.23. The molecule has 2 aliphatic heterocycles. The number of halogens is 2. The van der Waals surface area contributed by atoms with Crippen LogP contribution in [0.2, 0.25) is 0 Å². The number of aromatic nitrogens is 1. The van der Waals surface area contributed by atoms with Crippen molar-refractivity contribution in [2.45, 2.75) is 24.9 Å². The predicted octanol–water partition coefficient (Wildman–Crippen LogP) is 2.23. The zero-order valence-electron chi connectivity index (χ0n) is 16.1. The number of nitrogens with one attached hydrogen (secondary N) is 1. The molecule has 2 aliphatic rings. The summed E-state index contributed by atoms with van der Waals surface area (Å²) in [6.07, 6.45) is 1.49. The first-order chi connectivity index (χ1) is 14.3. The van der Waals surface area contributed by atoms with E-state index in [1.807, 2.05) is 0 Å². The molecule has 0 saturated carbocycles. The smallest absolute Gasteiger partial charge is 0.284 e. The lowest BCUT2D eigenvalue weighted by Crippen LogP contribution is -2.63. The summed E-state index contributed by atoms with van der Waals surface area (Å²) in [5, 5.41) is 12.2. The highest BCUT2D eigenvalue weighted by Crippen LogP contribution is 2.39. The molecule has 1 aromatic carbocycles. The first-order valence-corrected chi connectivity index (χ1v) is 10.6. The number of pyridine rings is 1. The number of benzene rings is 1. The molecule has 1 aromatic heterocycles. The van der Waals surface area contributed by atoms with Crippen LogP contribution in [0.1, 0.15) is 17.3 Å². The van der Waals surface area contributed by atoms with E-state index in [-0.39, 0.29) is 19.0 Å². The van der Waals surface area contributed by atoms with Crippen molar-refractivity contribution in [2.24, 2.45) is 0 Å². The van der Waals surface area contributed by atoms with Crippen molar-refractivity contribution in [3.63, 3.8) is 0 Å². The highest BCUT2D eigenvalue weighted by molar-refractivity contribution is 7.99. The minimum Gasteiger partial charge on any atom is -0.357 e. The van der Waals surface area contributed by atoms with Crippen LogP contribution in [0.25, 0.3) is 10.9 Å². The molecule has 2 unspecified atom stereocenters. The Balaban J connectivity index is 1.52. The van der Waals surface area contributed by atoms with E-state index in [2.05, 4.69) is 16.4 Å². The highest BCUT2D eigenvalue weighted by atomic mass is 32.2. The lowest BCUT2D eigenvalue weighted by atomic mass is 9.97. The molecule has 2 amide bonds. The Morgan fingerprint density at radius 1 is 1.40 bits per heavy atom. The van der Waals surface area contributed by atoms with Gasteiger partial charge in [-0.3, -0.25) is 14.6 Å². The van der Waals surface area contributed by atoms with E-state index in [0.717, 1.165) is 0 Å². The van der Waals surface area contributed by atoms with Crippen LogP contribution in [-0.4, -0.2) is 64.4 Å². The van der Waals surface area contributed by atoms with Crippen LogP contribution in [0.15, 0.2) is 30.5 Å². The van der Waals surface area contributed by atoms with Crippen molar-refractivity contribution in [3.8, 4) is 6.07 Å². The van der Waals surface area contributed by atoms with Crippen LogP contribution >= 0.6 is 11.8 Å². The SMILES string of the molecule is CC1N(c2ccc3nccc(C(=O)NCC(=O)N4CSCC4C#N)c3c2)CC1(F)F. The Hall–Kier alpha value is -2.93. The number of nitrogens with zero attached hydrogens (tertiary/aromatic N) is 4. The fourth-order valence-electron chi connectivity index (χ4n) is 3.59. The highest BCUT2D eigenvalue weighted by Gasteiger charge is 2.51. The van der Waals surface area contributed by atoms with Gasteiger partial charge in [-0.15, -0.1) is 11.8 Å². The summed E-state index contributed by atoms with van der Waals surface area (Å²) in [6.45, 7) is 0.863. The number of hydrogen-bond donors (Lipinski definition) is 1. The Morgan fingerprint density at radius 3 is 2.90 bits per heavy atom. The van der Waals surface area contributed by atoms with Gasteiger partial charge in [0.15, 0.2) is 0 Å². The zero-order chi connectivity index (χ0) is 21.5. The average molecular weight is 431 g/mol. The molecule has 156 valence electrons. The molecule has 0 radical (unpaired) electrons. The van der Waals surface area contributed by atoms with Crippen molar-refractivity contribution >= 4 is 40.2 Å². The van der Waals surface area contributed by atoms with Gasteiger partial charge in [0.2, 0.25) is 5.91 Å². The minimum atomic E-state index is -2.74. The second-order valence-corrected chi connectivity index (χ2v) is 8.32. The summed E-state index contributed by atoms with van der Waals surface area (Å²) in [6, 6.07) is 7.27. The van der Waals surface area contributed by atoms with Crippen LogP contribution in [0.3, 0.4) is 0 Å². The second-order valence-electron chi connectivity index (χ2n) is 7.32. The topological polar surface area (TPSA) is 89.3 Å². The molecule has 3 heterocycles. The summed E-state index contributed by atoms with van der Waals surface area (Å²) < 4.78 is 27.1. The number of amides is 2. The van der Waals surface area contributed by atoms with E-state index < -0.39 is 23.9 Å². The molecule has 4 rings (SSSR count). The number of anilines is 1. The minimum absolute atomic E-state index is 0.226. The molecule has 2 saturated heterocycles. The van der Waals surface area contributed by atoms with Gasteiger partial charge in [-0.1, -0.05) is 0 Å². The predicted molar refractivity (Wildman–Crippen MR) is 109 cm³/mol. The van der Waals surface area contributed by atoms with E-state index in [1.165, 1.54) is 35.8 Å². The molecule has 2 atom stereocenters. The van der Waals surface area contributed by atoms with Gasteiger partial charge in [0, 0.05) is 23.0 Å². The van der Waals surface area contributed by atoms with Crippen molar-refractivity contribution in [2.75, 3.05) is 29.6 Å². The van der Waals surface area contributed by atoms with E-state index in [4.69, 9.17) is 5.26 Å². The van der Waals surface area contributed by atoms with Crippen molar-refractivity contribution < 1.29 is 18.4 Å². The lowest BCUT2D eigenvalue weighted by molar-refractivity contribution is -0.129. The fraction of sp³-hybridized carbons (Fsp3) is 0.400. The monoisotopic (exact) mass is 431 g/mol. The van der Waals surface area contributed by atoms with E-state index >= 15 is 0 Å². The number of carbonyl (C=O) groups is 2. The summed E-state index contributed by atoms with van der Waals surface area (Å²) in [5.41, 5.74) is 1.45. The van der Waals surface area contributed by atoms with Crippen molar-refractivity contribution in [3.05, 3.63) is 36.0 Å². The second kappa shape index (κ2) is 7.72. The van der Waals surface area contributed by atoms with Crippen LogP contribution in [-0.2, 0) is 4.79 Å².